The Balaban J connectivity index is 1.80. The Hall–Kier alpha value is -3.41. The molecule has 2 N–H and O–H groups in total. The quantitative estimate of drug-likeness (QED) is 0.267. The molecule has 0 atom stereocenters. The molecule has 3 rings (SSSR count). The zero-order chi connectivity index (χ0) is 24.3. The first-order valence-corrected chi connectivity index (χ1v) is 12.4. The number of hydrogen-bond acceptors (Lipinski definition) is 3. The number of aromatic nitrogens is 2. The SMILES string of the molecule is CCCCCCNC(=O)c1ccc(-n2[nH]c(CCC)c(C=Nc3ccccc3CC)c2=O)cc1. The van der Waals surface area contributed by atoms with Crippen LogP contribution in [0.15, 0.2) is 58.3 Å². The Morgan fingerprint density at radius 1 is 1.00 bits per heavy atom. The summed E-state index contributed by atoms with van der Waals surface area (Å²) in [6, 6.07) is 15.1. The molecule has 0 bridgehead atoms. The molecule has 0 aliphatic rings. The van der Waals surface area contributed by atoms with Crippen LogP contribution in [0.3, 0.4) is 0 Å². The van der Waals surface area contributed by atoms with Crippen molar-refractivity contribution >= 4 is 17.8 Å². The summed E-state index contributed by atoms with van der Waals surface area (Å²) in [5, 5.41) is 6.21. The predicted octanol–water partition coefficient (Wildman–Crippen LogP) is 5.74. The summed E-state index contributed by atoms with van der Waals surface area (Å²) in [6.07, 6.45) is 8.69. The molecule has 180 valence electrons. The number of aryl methyl sites for hydroxylation is 2. The van der Waals surface area contributed by atoms with Crippen LogP contribution in [0.5, 0.6) is 0 Å². The number of para-hydroxylation sites is 1. The van der Waals surface area contributed by atoms with Gasteiger partial charge in [0.25, 0.3) is 11.5 Å². The molecule has 0 aliphatic carbocycles. The van der Waals surface area contributed by atoms with E-state index < -0.39 is 0 Å². The second kappa shape index (κ2) is 12.7. The van der Waals surface area contributed by atoms with E-state index in [-0.39, 0.29) is 11.5 Å². The maximum Gasteiger partial charge on any atom is 0.280 e. The molecule has 0 fully saturated rings. The number of carbonyl (C=O) groups excluding carboxylic acids is 1. The average Bonchev–Trinajstić information content (AvgIpc) is 3.17. The number of amides is 1. The Bertz CT molecular complexity index is 1160. The summed E-state index contributed by atoms with van der Waals surface area (Å²) in [4.78, 5) is 30.3. The van der Waals surface area contributed by atoms with E-state index in [4.69, 9.17) is 0 Å². The molecule has 1 amide bonds. The van der Waals surface area contributed by atoms with Crippen LogP contribution in [0.4, 0.5) is 5.69 Å². The maximum absolute atomic E-state index is 13.2. The van der Waals surface area contributed by atoms with E-state index in [2.05, 4.69) is 42.2 Å². The Morgan fingerprint density at radius 3 is 2.47 bits per heavy atom. The largest absolute Gasteiger partial charge is 0.352 e. The number of rotatable bonds is 12. The molecule has 0 saturated carbocycles. The summed E-state index contributed by atoms with van der Waals surface area (Å²) in [6.45, 7) is 7.03. The number of carbonyl (C=O) groups is 1. The van der Waals surface area contributed by atoms with Gasteiger partial charge >= 0.3 is 0 Å². The van der Waals surface area contributed by atoms with E-state index in [1.807, 2.05) is 18.2 Å². The molecule has 1 heterocycles. The smallest absolute Gasteiger partial charge is 0.280 e. The van der Waals surface area contributed by atoms with Crippen molar-refractivity contribution in [1.29, 1.82) is 0 Å². The number of aromatic amines is 1. The molecule has 34 heavy (non-hydrogen) atoms. The van der Waals surface area contributed by atoms with Crippen molar-refractivity contribution < 1.29 is 4.79 Å². The molecular formula is C28H36N4O2. The van der Waals surface area contributed by atoms with E-state index in [0.717, 1.165) is 49.0 Å². The number of H-pyrrole nitrogens is 1. The van der Waals surface area contributed by atoms with Crippen LogP contribution >= 0.6 is 0 Å². The molecule has 0 unspecified atom stereocenters. The van der Waals surface area contributed by atoms with Gasteiger partial charge in [0, 0.05) is 24.0 Å². The summed E-state index contributed by atoms with van der Waals surface area (Å²) in [5.41, 5.74) is 4.59. The Labute approximate surface area is 202 Å². The predicted molar refractivity (Wildman–Crippen MR) is 140 cm³/mol. The van der Waals surface area contributed by atoms with Gasteiger partial charge in [0.1, 0.15) is 0 Å². The fraction of sp³-hybridized carbons (Fsp3) is 0.393. The monoisotopic (exact) mass is 460 g/mol. The van der Waals surface area contributed by atoms with Crippen molar-refractivity contribution in [2.75, 3.05) is 6.54 Å². The van der Waals surface area contributed by atoms with E-state index in [1.54, 1.807) is 30.5 Å². The highest BCUT2D eigenvalue weighted by Crippen LogP contribution is 2.19. The van der Waals surface area contributed by atoms with Crippen LogP contribution in [0.25, 0.3) is 5.69 Å². The average molecular weight is 461 g/mol. The number of nitrogens with zero attached hydrogens (tertiary/aromatic N) is 2. The van der Waals surface area contributed by atoms with Gasteiger partial charge in [-0.1, -0.05) is 64.7 Å². The lowest BCUT2D eigenvalue weighted by atomic mass is 10.1. The number of nitrogens with one attached hydrogen (secondary N) is 2. The van der Waals surface area contributed by atoms with Gasteiger partial charge in [-0.15, -0.1) is 0 Å². The minimum atomic E-state index is -0.144. The van der Waals surface area contributed by atoms with Crippen molar-refractivity contribution in [3.63, 3.8) is 0 Å². The third-order valence-corrected chi connectivity index (χ3v) is 5.91. The fourth-order valence-electron chi connectivity index (χ4n) is 3.94. The highest BCUT2D eigenvalue weighted by molar-refractivity contribution is 5.94. The van der Waals surface area contributed by atoms with Crippen molar-refractivity contribution in [2.24, 2.45) is 4.99 Å². The minimum Gasteiger partial charge on any atom is -0.352 e. The van der Waals surface area contributed by atoms with Crippen LogP contribution in [0, 0.1) is 0 Å². The molecular weight excluding hydrogens is 424 g/mol. The molecule has 6 nitrogen and oxygen atoms in total. The lowest BCUT2D eigenvalue weighted by Gasteiger charge is -2.06. The minimum absolute atomic E-state index is 0.0871. The van der Waals surface area contributed by atoms with Gasteiger partial charge in [0.05, 0.1) is 16.9 Å². The van der Waals surface area contributed by atoms with Gasteiger partial charge in [0.15, 0.2) is 0 Å². The van der Waals surface area contributed by atoms with Crippen molar-refractivity contribution in [3.05, 3.63) is 81.3 Å². The molecule has 2 aromatic carbocycles. The third-order valence-electron chi connectivity index (χ3n) is 5.91. The van der Waals surface area contributed by atoms with Gasteiger partial charge < -0.3 is 5.32 Å². The second-order valence-electron chi connectivity index (χ2n) is 8.50. The first-order valence-electron chi connectivity index (χ1n) is 12.4. The van der Waals surface area contributed by atoms with Crippen LogP contribution < -0.4 is 10.9 Å². The maximum atomic E-state index is 13.2. The first kappa shape index (κ1) is 25.2. The van der Waals surface area contributed by atoms with Crippen LogP contribution in [0.2, 0.25) is 0 Å². The molecule has 0 saturated heterocycles. The molecule has 6 heteroatoms. The third kappa shape index (κ3) is 6.34. The van der Waals surface area contributed by atoms with E-state index in [0.29, 0.717) is 23.4 Å². The normalized spacial score (nSPS) is 11.3. The topological polar surface area (TPSA) is 79.2 Å². The Morgan fingerprint density at radius 2 is 1.76 bits per heavy atom. The zero-order valence-electron chi connectivity index (χ0n) is 20.6. The van der Waals surface area contributed by atoms with Crippen molar-refractivity contribution in [3.8, 4) is 5.69 Å². The summed E-state index contributed by atoms with van der Waals surface area (Å²) >= 11 is 0. The van der Waals surface area contributed by atoms with E-state index >= 15 is 0 Å². The first-order chi connectivity index (χ1) is 16.6. The number of aliphatic imine (C=N–C) groups is 1. The molecule has 3 aromatic rings. The number of hydrogen-bond donors (Lipinski definition) is 2. The summed E-state index contributed by atoms with van der Waals surface area (Å²) in [7, 11) is 0. The van der Waals surface area contributed by atoms with Gasteiger partial charge in [-0.2, -0.15) is 0 Å². The van der Waals surface area contributed by atoms with Crippen molar-refractivity contribution in [2.45, 2.75) is 65.7 Å². The fourth-order valence-corrected chi connectivity index (χ4v) is 3.94. The van der Waals surface area contributed by atoms with Crippen LogP contribution in [-0.4, -0.2) is 28.4 Å². The van der Waals surface area contributed by atoms with Crippen LogP contribution in [0.1, 0.15) is 80.1 Å². The lowest BCUT2D eigenvalue weighted by molar-refractivity contribution is 0.0953. The number of benzene rings is 2. The zero-order valence-corrected chi connectivity index (χ0v) is 20.6. The van der Waals surface area contributed by atoms with E-state index in [9.17, 15) is 9.59 Å². The highest BCUT2D eigenvalue weighted by Gasteiger charge is 2.14. The molecule has 0 spiro atoms. The highest BCUT2D eigenvalue weighted by atomic mass is 16.1. The molecule has 1 aromatic heterocycles. The van der Waals surface area contributed by atoms with Crippen molar-refractivity contribution in [1.82, 2.24) is 15.1 Å². The van der Waals surface area contributed by atoms with Crippen LogP contribution in [-0.2, 0) is 12.8 Å². The van der Waals surface area contributed by atoms with E-state index in [1.165, 1.54) is 17.5 Å². The lowest BCUT2D eigenvalue weighted by Crippen LogP contribution is -2.24. The van der Waals surface area contributed by atoms with Gasteiger partial charge in [-0.05, 0) is 55.2 Å². The van der Waals surface area contributed by atoms with Gasteiger partial charge in [-0.25, -0.2) is 4.68 Å². The molecule has 0 aliphatic heterocycles. The number of unbranched alkanes of at least 4 members (excludes halogenated alkanes) is 3. The van der Waals surface area contributed by atoms with Gasteiger partial charge in [-0.3, -0.25) is 19.7 Å². The summed E-state index contributed by atoms with van der Waals surface area (Å²) < 4.78 is 1.53. The second-order valence-corrected chi connectivity index (χ2v) is 8.50. The Kier molecular flexibility index (Phi) is 9.44. The molecule has 0 radical (unpaired) electrons. The van der Waals surface area contributed by atoms with Gasteiger partial charge in [0.2, 0.25) is 0 Å². The standard InChI is InChI=1S/C28H36N4O2/c1-4-7-8-11-19-29-27(33)22-15-17-23(18-16-22)32-28(34)24(26(31-32)12-5-2)20-30-25-14-10-9-13-21(25)6-3/h9-10,13-18,20,31H,4-8,11-12,19H2,1-3H3,(H,29,33). The summed E-state index contributed by atoms with van der Waals surface area (Å²) in [5.74, 6) is -0.0871.